The van der Waals surface area contributed by atoms with Crippen molar-refractivity contribution in [3.05, 3.63) is 29.8 Å². The molecule has 0 radical (unpaired) electrons. The highest BCUT2D eigenvalue weighted by molar-refractivity contribution is 5.64. The number of fused-ring (bicyclic) bond motifs is 1. The zero-order valence-electron chi connectivity index (χ0n) is 8.09. The highest BCUT2D eigenvalue weighted by Gasteiger charge is 2.26. The molecule has 5 nitrogen and oxygen atoms in total. The minimum Gasteiger partial charge on any atom is -0.491 e. The van der Waals surface area contributed by atoms with Crippen LogP contribution in [0.15, 0.2) is 24.3 Å². The molecule has 0 fully saturated rings. The van der Waals surface area contributed by atoms with E-state index in [1.807, 2.05) is 24.3 Å². The van der Waals surface area contributed by atoms with Gasteiger partial charge in [0.25, 0.3) is 0 Å². The maximum Gasteiger partial charge on any atom is 0.421 e. The minimum absolute atomic E-state index is 0.305. The van der Waals surface area contributed by atoms with E-state index in [9.17, 15) is 4.79 Å². The van der Waals surface area contributed by atoms with Gasteiger partial charge in [0.15, 0.2) is 0 Å². The lowest BCUT2D eigenvalue weighted by Gasteiger charge is -2.29. The number of carboxylic acid groups (broad SMARTS) is 1. The lowest BCUT2D eigenvalue weighted by atomic mass is 10.0. The average molecular weight is 208 g/mol. The zero-order chi connectivity index (χ0) is 10.8. The molecule has 1 amide bonds. The van der Waals surface area contributed by atoms with E-state index in [0.717, 1.165) is 16.3 Å². The number of nitrogens with two attached hydrogens (primary N) is 1. The van der Waals surface area contributed by atoms with Crippen LogP contribution in [0.1, 0.15) is 5.56 Å². The van der Waals surface area contributed by atoms with Gasteiger partial charge < -0.3 is 9.84 Å². The van der Waals surface area contributed by atoms with Crippen molar-refractivity contribution < 1.29 is 14.6 Å². The van der Waals surface area contributed by atoms with Gasteiger partial charge in [-0.2, -0.15) is 0 Å². The minimum atomic E-state index is -1.14. The number of hydrazine groups is 1. The summed E-state index contributed by atoms with van der Waals surface area (Å²) in [6.45, 7) is 0.305. The third-order valence-corrected chi connectivity index (χ3v) is 2.47. The van der Waals surface area contributed by atoms with E-state index < -0.39 is 6.09 Å². The predicted molar refractivity (Wildman–Crippen MR) is 53.5 cm³/mol. The largest absolute Gasteiger partial charge is 0.491 e. The summed E-state index contributed by atoms with van der Waals surface area (Å²) in [5.41, 5.74) is 0.991. The maximum absolute atomic E-state index is 10.7. The van der Waals surface area contributed by atoms with E-state index in [-0.39, 0.29) is 6.04 Å². The molecule has 1 unspecified atom stereocenters. The van der Waals surface area contributed by atoms with Crippen LogP contribution in [0.4, 0.5) is 4.79 Å². The number of carbonyl (C=O) groups is 1. The Morgan fingerprint density at radius 2 is 2.27 bits per heavy atom. The van der Waals surface area contributed by atoms with Crippen LogP contribution >= 0.6 is 0 Å². The predicted octanol–water partition coefficient (Wildman–Crippen LogP) is 0.844. The first-order valence-corrected chi connectivity index (χ1v) is 4.66. The van der Waals surface area contributed by atoms with Crippen LogP contribution in [0, 0.1) is 0 Å². The van der Waals surface area contributed by atoms with Crippen molar-refractivity contribution in [3.8, 4) is 5.75 Å². The van der Waals surface area contributed by atoms with Crippen molar-refractivity contribution in [1.82, 2.24) is 5.01 Å². The molecule has 1 aromatic carbocycles. The Hall–Kier alpha value is -1.75. The topological polar surface area (TPSA) is 75.8 Å². The number of para-hydroxylation sites is 1. The van der Waals surface area contributed by atoms with Crippen molar-refractivity contribution in [2.75, 3.05) is 6.61 Å². The molecule has 15 heavy (non-hydrogen) atoms. The number of hydrogen-bond acceptors (Lipinski definition) is 3. The Kier molecular flexibility index (Phi) is 2.47. The van der Waals surface area contributed by atoms with Gasteiger partial charge in [0.2, 0.25) is 0 Å². The molecular weight excluding hydrogens is 196 g/mol. The van der Waals surface area contributed by atoms with Gasteiger partial charge in [-0.3, -0.25) is 0 Å². The Morgan fingerprint density at radius 3 is 3.00 bits per heavy atom. The van der Waals surface area contributed by atoms with Crippen molar-refractivity contribution >= 4 is 6.09 Å². The number of ether oxygens (including phenoxy) is 1. The Labute approximate surface area is 87.0 Å². The van der Waals surface area contributed by atoms with Crippen LogP contribution in [0.25, 0.3) is 0 Å². The SMILES string of the molecule is NN(C(=O)O)C1COc2ccccc2C1. The summed E-state index contributed by atoms with van der Waals surface area (Å²) in [6, 6.07) is 7.25. The van der Waals surface area contributed by atoms with E-state index in [1.165, 1.54) is 0 Å². The standard InChI is InChI=1S/C10H12N2O3/c11-12(10(13)14)8-5-7-3-1-2-4-9(7)15-6-8/h1-4,8H,5-6,11H2,(H,13,14). The molecule has 80 valence electrons. The molecule has 1 aliphatic rings. The summed E-state index contributed by atoms with van der Waals surface area (Å²) >= 11 is 0. The van der Waals surface area contributed by atoms with E-state index >= 15 is 0 Å². The Bertz CT molecular complexity index is 381. The molecule has 0 spiro atoms. The third kappa shape index (κ3) is 1.87. The first-order valence-electron chi connectivity index (χ1n) is 4.66. The average Bonchev–Trinajstić information content (AvgIpc) is 2.27. The second-order valence-corrected chi connectivity index (χ2v) is 3.47. The molecule has 2 rings (SSSR count). The highest BCUT2D eigenvalue weighted by Crippen LogP contribution is 2.25. The molecule has 1 atom stereocenters. The van der Waals surface area contributed by atoms with Gasteiger partial charge in [0.05, 0.1) is 6.04 Å². The number of hydrogen-bond donors (Lipinski definition) is 2. The van der Waals surface area contributed by atoms with E-state index in [0.29, 0.717) is 13.0 Å². The molecular formula is C10H12N2O3. The maximum atomic E-state index is 10.7. The third-order valence-electron chi connectivity index (χ3n) is 2.47. The molecule has 3 N–H and O–H groups in total. The van der Waals surface area contributed by atoms with Gasteiger partial charge in [-0.15, -0.1) is 0 Å². The van der Waals surface area contributed by atoms with Crippen molar-refractivity contribution in [1.29, 1.82) is 0 Å². The quantitative estimate of drug-likeness (QED) is 0.407. The Balaban J connectivity index is 2.15. The van der Waals surface area contributed by atoms with Crippen LogP contribution in [-0.4, -0.2) is 28.9 Å². The molecule has 0 aliphatic carbocycles. The van der Waals surface area contributed by atoms with Gasteiger partial charge in [-0.05, 0) is 11.6 Å². The molecule has 0 saturated carbocycles. The first-order chi connectivity index (χ1) is 7.18. The highest BCUT2D eigenvalue weighted by atomic mass is 16.5. The van der Waals surface area contributed by atoms with Gasteiger partial charge in [-0.25, -0.2) is 15.6 Å². The molecule has 0 bridgehead atoms. The summed E-state index contributed by atoms with van der Waals surface area (Å²) in [5, 5.41) is 9.53. The number of nitrogens with zero attached hydrogens (tertiary/aromatic N) is 1. The van der Waals surface area contributed by atoms with Crippen LogP contribution in [0.3, 0.4) is 0 Å². The second-order valence-electron chi connectivity index (χ2n) is 3.47. The van der Waals surface area contributed by atoms with Crippen LogP contribution < -0.4 is 10.6 Å². The van der Waals surface area contributed by atoms with Gasteiger partial charge >= 0.3 is 6.09 Å². The van der Waals surface area contributed by atoms with Gasteiger partial charge in [0.1, 0.15) is 12.4 Å². The van der Waals surface area contributed by atoms with Crippen LogP contribution in [-0.2, 0) is 6.42 Å². The smallest absolute Gasteiger partial charge is 0.421 e. The molecule has 1 aliphatic heterocycles. The fraction of sp³-hybridized carbons (Fsp3) is 0.300. The summed E-state index contributed by atoms with van der Waals surface area (Å²) in [4.78, 5) is 10.7. The van der Waals surface area contributed by atoms with Crippen molar-refractivity contribution in [2.24, 2.45) is 5.84 Å². The fourth-order valence-electron chi connectivity index (χ4n) is 1.65. The summed E-state index contributed by atoms with van der Waals surface area (Å²) in [6.07, 6.45) is -0.540. The molecule has 0 aromatic heterocycles. The zero-order valence-corrected chi connectivity index (χ0v) is 8.09. The normalized spacial score (nSPS) is 18.9. The number of amides is 1. The summed E-state index contributed by atoms with van der Waals surface area (Å²) in [5.74, 6) is 6.21. The van der Waals surface area contributed by atoms with E-state index in [1.54, 1.807) is 0 Å². The van der Waals surface area contributed by atoms with Crippen LogP contribution in [0.5, 0.6) is 5.75 Å². The second kappa shape index (κ2) is 3.78. The summed E-state index contributed by atoms with van der Waals surface area (Å²) in [7, 11) is 0. The number of benzene rings is 1. The molecule has 1 aromatic rings. The van der Waals surface area contributed by atoms with E-state index in [2.05, 4.69) is 0 Å². The first kappa shape index (κ1) is 9.79. The van der Waals surface area contributed by atoms with Crippen molar-refractivity contribution in [3.63, 3.8) is 0 Å². The van der Waals surface area contributed by atoms with Gasteiger partial charge in [0, 0.05) is 6.42 Å². The molecule has 0 saturated heterocycles. The lowest BCUT2D eigenvalue weighted by molar-refractivity contribution is 0.0961. The number of rotatable bonds is 1. The fourth-order valence-corrected chi connectivity index (χ4v) is 1.65. The lowest BCUT2D eigenvalue weighted by Crippen LogP contribution is -2.50. The van der Waals surface area contributed by atoms with E-state index in [4.69, 9.17) is 15.7 Å². The van der Waals surface area contributed by atoms with Gasteiger partial charge in [-0.1, -0.05) is 18.2 Å². The monoisotopic (exact) mass is 208 g/mol. The molecule has 5 heteroatoms. The summed E-state index contributed by atoms with van der Waals surface area (Å²) < 4.78 is 5.42. The Morgan fingerprint density at radius 1 is 1.53 bits per heavy atom. The van der Waals surface area contributed by atoms with Crippen LogP contribution in [0.2, 0.25) is 0 Å². The van der Waals surface area contributed by atoms with Crippen molar-refractivity contribution in [2.45, 2.75) is 12.5 Å². The molecule has 1 heterocycles.